The third-order valence-electron chi connectivity index (χ3n) is 2.43. The molecule has 114 valence electrons. The number of hydrogen-bond donors (Lipinski definition) is 2. The molecule has 5 nitrogen and oxygen atoms in total. The summed E-state index contributed by atoms with van der Waals surface area (Å²) >= 11 is 0. The summed E-state index contributed by atoms with van der Waals surface area (Å²) in [6.07, 6.45) is -5.44. The average Bonchev–Trinajstić information content (AvgIpc) is 2.35. The first-order chi connectivity index (χ1) is 9.15. The van der Waals surface area contributed by atoms with Crippen molar-refractivity contribution in [1.82, 2.24) is 4.72 Å². The Morgan fingerprint density at radius 3 is 2.55 bits per heavy atom. The molecule has 0 amide bonds. The minimum Gasteiger partial charge on any atom is -0.491 e. The molecular weight excluding hydrogens is 297 g/mol. The van der Waals surface area contributed by atoms with E-state index in [1.807, 2.05) is 0 Å². The largest absolute Gasteiger partial charge is 0.491 e. The molecule has 0 aliphatic rings. The number of nitrogens with one attached hydrogen (secondary N) is 1. The van der Waals surface area contributed by atoms with Gasteiger partial charge in [-0.25, -0.2) is 13.1 Å². The van der Waals surface area contributed by atoms with E-state index in [2.05, 4.69) is 4.72 Å². The fourth-order valence-electron chi connectivity index (χ4n) is 1.38. The Morgan fingerprint density at radius 2 is 2.00 bits per heavy atom. The van der Waals surface area contributed by atoms with Crippen LogP contribution >= 0.6 is 0 Å². The zero-order valence-electron chi connectivity index (χ0n) is 10.7. The molecule has 0 saturated carbocycles. The van der Waals surface area contributed by atoms with Gasteiger partial charge in [0.1, 0.15) is 5.75 Å². The number of rotatable bonds is 6. The predicted molar refractivity (Wildman–Crippen MR) is 67.9 cm³/mol. The summed E-state index contributed by atoms with van der Waals surface area (Å²) in [6, 6.07) is 3.78. The lowest BCUT2D eigenvalue weighted by molar-refractivity contribution is -0.136. The number of anilines is 1. The van der Waals surface area contributed by atoms with Crippen LogP contribution in [0.5, 0.6) is 5.75 Å². The maximum atomic E-state index is 12.0. The average molecular weight is 312 g/mol. The molecule has 0 unspecified atom stereocenters. The van der Waals surface area contributed by atoms with Crippen LogP contribution in [0.2, 0.25) is 0 Å². The van der Waals surface area contributed by atoms with Crippen LogP contribution in [0.3, 0.4) is 0 Å². The maximum absolute atomic E-state index is 12.0. The molecule has 0 bridgehead atoms. The van der Waals surface area contributed by atoms with E-state index < -0.39 is 22.6 Å². The molecule has 0 atom stereocenters. The van der Waals surface area contributed by atoms with Gasteiger partial charge >= 0.3 is 6.18 Å². The fraction of sp³-hybridized carbons (Fsp3) is 0.455. The van der Waals surface area contributed by atoms with Gasteiger partial charge in [-0.15, -0.1) is 0 Å². The molecule has 0 radical (unpaired) electrons. The van der Waals surface area contributed by atoms with Crippen LogP contribution in [0.25, 0.3) is 0 Å². The van der Waals surface area contributed by atoms with E-state index in [1.165, 1.54) is 25.2 Å². The van der Waals surface area contributed by atoms with E-state index >= 15 is 0 Å². The van der Waals surface area contributed by atoms with Crippen molar-refractivity contribution in [3.8, 4) is 5.75 Å². The van der Waals surface area contributed by atoms with Crippen molar-refractivity contribution < 1.29 is 26.3 Å². The van der Waals surface area contributed by atoms with E-state index in [0.29, 0.717) is 0 Å². The third-order valence-corrected chi connectivity index (χ3v) is 3.84. The molecule has 1 rings (SSSR count). The van der Waals surface area contributed by atoms with Crippen LogP contribution in [-0.4, -0.2) is 28.2 Å². The van der Waals surface area contributed by atoms with Crippen molar-refractivity contribution in [2.45, 2.75) is 23.9 Å². The predicted octanol–water partition coefficient (Wildman–Crippen LogP) is 1.90. The van der Waals surface area contributed by atoms with E-state index in [4.69, 9.17) is 10.5 Å². The molecule has 0 heterocycles. The van der Waals surface area contributed by atoms with Crippen molar-refractivity contribution in [3.63, 3.8) is 0 Å². The Bertz CT molecular complexity index is 559. The first kappa shape index (κ1) is 16.6. The van der Waals surface area contributed by atoms with Gasteiger partial charge in [-0.05, 0) is 25.6 Å². The molecule has 0 fully saturated rings. The number of hydrogen-bond acceptors (Lipinski definition) is 4. The number of ether oxygens (including phenoxy) is 1. The van der Waals surface area contributed by atoms with E-state index in [-0.39, 0.29) is 29.4 Å². The first-order valence-corrected chi connectivity index (χ1v) is 7.16. The molecule has 0 aliphatic carbocycles. The fourth-order valence-corrected chi connectivity index (χ4v) is 2.12. The number of halogens is 3. The first-order valence-electron chi connectivity index (χ1n) is 5.68. The zero-order valence-corrected chi connectivity index (χ0v) is 11.5. The molecule has 0 aromatic heterocycles. The number of nitrogens with two attached hydrogens (primary N) is 1. The Labute approximate surface area is 115 Å². The molecule has 3 N–H and O–H groups in total. The van der Waals surface area contributed by atoms with E-state index in [1.54, 1.807) is 0 Å². The summed E-state index contributed by atoms with van der Waals surface area (Å²) in [4.78, 5) is -0.0694. The lowest BCUT2D eigenvalue weighted by atomic mass is 10.3. The summed E-state index contributed by atoms with van der Waals surface area (Å²) in [5.41, 5.74) is 5.74. The summed E-state index contributed by atoms with van der Waals surface area (Å²) < 4.78 is 66.2. The minimum absolute atomic E-state index is 0.0449. The van der Waals surface area contributed by atoms with Crippen molar-refractivity contribution in [2.24, 2.45) is 0 Å². The highest BCUT2D eigenvalue weighted by molar-refractivity contribution is 7.89. The molecule has 0 saturated heterocycles. The van der Waals surface area contributed by atoms with Crippen LogP contribution in [0.4, 0.5) is 18.9 Å². The van der Waals surface area contributed by atoms with Crippen molar-refractivity contribution >= 4 is 15.7 Å². The Hall–Kier alpha value is -1.48. The highest BCUT2D eigenvalue weighted by atomic mass is 32.2. The van der Waals surface area contributed by atoms with Gasteiger partial charge in [0.25, 0.3) is 0 Å². The van der Waals surface area contributed by atoms with Gasteiger partial charge in [0.2, 0.25) is 10.0 Å². The quantitative estimate of drug-likeness (QED) is 0.621. The van der Waals surface area contributed by atoms with Gasteiger partial charge in [0.15, 0.2) is 0 Å². The Morgan fingerprint density at radius 1 is 1.35 bits per heavy atom. The van der Waals surface area contributed by atoms with E-state index in [0.717, 1.165) is 0 Å². The standard InChI is InChI=1S/C11H15F3N2O3S/c1-16-20(17,18)8-3-4-9(15)10(7-8)19-6-2-5-11(12,13)14/h3-4,7,16H,2,5-6,15H2,1H3. The monoisotopic (exact) mass is 312 g/mol. The number of alkyl halides is 3. The topological polar surface area (TPSA) is 81.4 Å². The Balaban J connectivity index is 2.73. The maximum Gasteiger partial charge on any atom is 0.389 e. The van der Waals surface area contributed by atoms with Crippen LogP contribution in [0.1, 0.15) is 12.8 Å². The highest BCUT2D eigenvalue weighted by Gasteiger charge is 2.26. The van der Waals surface area contributed by atoms with Crippen LogP contribution in [-0.2, 0) is 10.0 Å². The number of nitrogen functional groups attached to an aromatic ring is 1. The minimum atomic E-state index is -4.24. The molecule has 9 heteroatoms. The van der Waals surface area contributed by atoms with Crippen molar-refractivity contribution in [2.75, 3.05) is 19.4 Å². The molecular formula is C11H15F3N2O3S. The molecule has 20 heavy (non-hydrogen) atoms. The molecule has 1 aromatic rings. The summed E-state index contributed by atoms with van der Waals surface area (Å²) in [5.74, 6) is 0.0449. The highest BCUT2D eigenvalue weighted by Crippen LogP contribution is 2.26. The van der Waals surface area contributed by atoms with Gasteiger partial charge in [-0.1, -0.05) is 0 Å². The molecule has 0 aliphatic heterocycles. The number of benzene rings is 1. The molecule has 1 aromatic carbocycles. The second kappa shape index (κ2) is 6.31. The van der Waals surface area contributed by atoms with Crippen LogP contribution in [0.15, 0.2) is 23.1 Å². The second-order valence-electron chi connectivity index (χ2n) is 3.97. The van der Waals surface area contributed by atoms with Gasteiger partial charge < -0.3 is 10.5 Å². The summed E-state index contributed by atoms with van der Waals surface area (Å²) in [7, 11) is -2.41. The van der Waals surface area contributed by atoms with E-state index in [9.17, 15) is 21.6 Å². The van der Waals surface area contributed by atoms with Gasteiger partial charge in [0.05, 0.1) is 17.2 Å². The lowest BCUT2D eigenvalue weighted by Crippen LogP contribution is -2.18. The van der Waals surface area contributed by atoms with Gasteiger partial charge in [-0.2, -0.15) is 13.2 Å². The van der Waals surface area contributed by atoms with Gasteiger partial charge in [-0.3, -0.25) is 0 Å². The SMILES string of the molecule is CNS(=O)(=O)c1ccc(N)c(OCCCC(F)(F)F)c1. The normalized spacial score (nSPS) is 12.4. The summed E-state index contributed by atoms with van der Waals surface area (Å²) in [5, 5.41) is 0. The van der Waals surface area contributed by atoms with Gasteiger partial charge in [0, 0.05) is 12.5 Å². The van der Waals surface area contributed by atoms with Crippen LogP contribution in [0, 0.1) is 0 Å². The second-order valence-corrected chi connectivity index (χ2v) is 5.86. The molecule has 0 spiro atoms. The van der Waals surface area contributed by atoms with Crippen LogP contribution < -0.4 is 15.2 Å². The smallest absolute Gasteiger partial charge is 0.389 e. The number of sulfonamides is 1. The lowest BCUT2D eigenvalue weighted by Gasteiger charge is -2.11. The third kappa shape index (κ3) is 4.89. The van der Waals surface area contributed by atoms with Crippen molar-refractivity contribution in [1.29, 1.82) is 0 Å². The summed E-state index contributed by atoms with van der Waals surface area (Å²) in [6.45, 7) is -0.202. The van der Waals surface area contributed by atoms with Crippen molar-refractivity contribution in [3.05, 3.63) is 18.2 Å². The zero-order chi connectivity index (χ0) is 15.4. The Kier molecular flexibility index (Phi) is 5.23.